The molecule has 0 aromatic heterocycles. The summed E-state index contributed by atoms with van der Waals surface area (Å²) in [6.07, 6.45) is 0.886. The van der Waals surface area contributed by atoms with Gasteiger partial charge in [-0.3, -0.25) is 0 Å². The lowest BCUT2D eigenvalue weighted by molar-refractivity contribution is 0.416. The second kappa shape index (κ2) is 6.33. The Kier molecular flexibility index (Phi) is 4.51. The zero-order valence-electron chi connectivity index (χ0n) is 12.2. The highest BCUT2D eigenvalue weighted by atomic mass is 16.5. The van der Waals surface area contributed by atoms with Crippen LogP contribution in [0.3, 0.4) is 0 Å². The minimum atomic E-state index is 0.273. The first-order valence-corrected chi connectivity index (χ1v) is 6.77. The van der Waals surface area contributed by atoms with E-state index in [1.165, 1.54) is 11.1 Å². The third-order valence-electron chi connectivity index (χ3n) is 3.24. The molecular weight excluding hydrogens is 250 g/mol. The van der Waals surface area contributed by atoms with Crippen LogP contribution in [-0.2, 0) is 6.42 Å². The van der Waals surface area contributed by atoms with Crippen molar-refractivity contribution in [3.05, 3.63) is 53.6 Å². The van der Waals surface area contributed by atoms with Crippen LogP contribution in [0.4, 0.5) is 5.69 Å². The fourth-order valence-electron chi connectivity index (χ4n) is 2.24. The molecule has 0 spiro atoms. The van der Waals surface area contributed by atoms with Gasteiger partial charge in [0.15, 0.2) is 0 Å². The monoisotopic (exact) mass is 271 g/mol. The Balaban J connectivity index is 2.05. The van der Waals surface area contributed by atoms with E-state index in [0.29, 0.717) is 5.75 Å². The zero-order valence-corrected chi connectivity index (χ0v) is 12.2. The molecule has 0 aliphatic carbocycles. The maximum atomic E-state index is 9.29. The number of aryl methyl sites for hydroxylation is 1. The van der Waals surface area contributed by atoms with Crippen LogP contribution in [0.25, 0.3) is 0 Å². The quantitative estimate of drug-likeness (QED) is 0.870. The van der Waals surface area contributed by atoms with Gasteiger partial charge in [0.25, 0.3) is 0 Å². The highest BCUT2D eigenvalue weighted by molar-refractivity contribution is 5.58. The molecule has 2 aromatic rings. The van der Waals surface area contributed by atoms with Crippen LogP contribution >= 0.6 is 0 Å². The number of nitrogens with one attached hydrogen (secondary N) is 1. The van der Waals surface area contributed by atoms with Gasteiger partial charge >= 0.3 is 0 Å². The van der Waals surface area contributed by atoms with Gasteiger partial charge in [0.1, 0.15) is 11.5 Å². The number of hydrogen-bond donors (Lipinski definition) is 2. The van der Waals surface area contributed by atoms with E-state index in [9.17, 15) is 5.11 Å². The number of rotatable bonds is 5. The first kappa shape index (κ1) is 14.3. The predicted molar refractivity (Wildman–Crippen MR) is 82.6 cm³/mol. The summed E-state index contributed by atoms with van der Waals surface area (Å²) in [5.74, 6) is 1.16. The van der Waals surface area contributed by atoms with Gasteiger partial charge in [0.2, 0.25) is 0 Å². The first-order chi connectivity index (χ1) is 9.58. The van der Waals surface area contributed by atoms with Crippen molar-refractivity contribution in [1.29, 1.82) is 0 Å². The van der Waals surface area contributed by atoms with E-state index in [1.807, 2.05) is 24.3 Å². The molecule has 3 nitrogen and oxygen atoms in total. The van der Waals surface area contributed by atoms with E-state index >= 15 is 0 Å². The molecule has 0 fully saturated rings. The SMILES string of the molecule is COc1ccc(C)cc1NC(C)Cc1ccc(O)cc1. The van der Waals surface area contributed by atoms with Gasteiger partial charge in [-0.25, -0.2) is 0 Å². The molecule has 3 heteroatoms. The fraction of sp³-hybridized carbons (Fsp3) is 0.294. The molecule has 0 saturated heterocycles. The minimum absolute atomic E-state index is 0.273. The molecule has 0 heterocycles. The van der Waals surface area contributed by atoms with Gasteiger partial charge in [-0.2, -0.15) is 0 Å². The van der Waals surface area contributed by atoms with Gasteiger partial charge in [0.05, 0.1) is 12.8 Å². The summed E-state index contributed by atoms with van der Waals surface area (Å²) in [5.41, 5.74) is 3.40. The molecule has 0 aliphatic rings. The van der Waals surface area contributed by atoms with Crippen LogP contribution in [-0.4, -0.2) is 18.3 Å². The molecule has 1 atom stereocenters. The standard InChI is InChI=1S/C17H21NO2/c1-12-4-9-17(20-3)16(10-12)18-13(2)11-14-5-7-15(19)8-6-14/h4-10,13,18-19H,11H2,1-3H3. The minimum Gasteiger partial charge on any atom is -0.508 e. The normalized spacial score (nSPS) is 11.9. The van der Waals surface area contributed by atoms with Crippen LogP contribution in [0.5, 0.6) is 11.5 Å². The fourth-order valence-corrected chi connectivity index (χ4v) is 2.24. The molecule has 0 amide bonds. The highest BCUT2D eigenvalue weighted by Gasteiger charge is 2.08. The van der Waals surface area contributed by atoms with Crippen molar-refractivity contribution in [3.8, 4) is 11.5 Å². The maximum absolute atomic E-state index is 9.29. The Morgan fingerprint density at radius 1 is 1.15 bits per heavy atom. The summed E-state index contributed by atoms with van der Waals surface area (Å²) in [6.45, 7) is 4.20. The molecule has 0 bridgehead atoms. The Bertz CT molecular complexity index is 564. The largest absolute Gasteiger partial charge is 0.508 e. The van der Waals surface area contributed by atoms with E-state index < -0.39 is 0 Å². The summed E-state index contributed by atoms with van der Waals surface area (Å²) in [7, 11) is 1.68. The second-order valence-electron chi connectivity index (χ2n) is 5.12. The van der Waals surface area contributed by atoms with Crippen molar-refractivity contribution in [3.63, 3.8) is 0 Å². The Morgan fingerprint density at radius 3 is 2.50 bits per heavy atom. The number of aromatic hydroxyl groups is 1. The average molecular weight is 271 g/mol. The highest BCUT2D eigenvalue weighted by Crippen LogP contribution is 2.26. The predicted octanol–water partition coefficient (Wildman–Crippen LogP) is 3.75. The van der Waals surface area contributed by atoms with Crippen LogP contribution in [0, 0.1) is 6.92 Å². The third-order valence-corrected chi connectivity index (χ3v) is 3.24. The van der Waals surface area contributed by atoms with E-state index in [4.69, 9.17) is 4.74 Å². The topological polar surface area (TPSA) is 41.5 Å². The van der Waals surface area contributed by atoms with Crippen molar-refractivity contribution >= 4 is 5.69 Å². The molecule has 0 radical (unpaired) electrons. The van der Waals surface area contributed by atoms with E-state index in [-0.39, 0.29) is 6.04 Å². The Hall–Kier alpha value is -2.16. The molecular formula is C17H21NO2. The lowest BCUT2D eigenvalue weighted by atomic mass is 10.1. The van der Waals surface area contributed by atoms with Crippen LogP contribution < -0.4 is 10.1 Å². The van der Waals surface area contributed by atoms with E-state index in [0.717, 1.165) is 17.9 Å². The first-order valence-electron chi connectivity index (χ1n) is 6.77. The molecule has 2 aromatic carbocycles. The van der Waals surface area contributed by atoms with E-state index in [1.54, 1.807) is 19.2 Å². The van der Waals surface area contributed by atoms with Crippen LogP contribution in [0.1, 0.15) is 18.1 Å². The average Bonchev–Trinajstić information content (AvgIpc) is 2.41. The number of methoxy groups -OCH3 is 1. The van der Waals surface area contributed by atoms with Gasteiger partial charge < -0.3 is 15.2 Å². The van der Waals surface area contributed by atoms with Crippen LogP contribution in [0.2, 0.25) is 0 Å². The Labute approximate surface area is 120 Å². The van der Waals surface area contributed by atoms with Crippen molar-refractivity contribution in [2.24, 2.45) is 0 Å². The van der Waals surface area contributed by atoms with Gasteiger partial charge in [-0.1, -0.05) is 18.2 Å². The Morgan fingerprint density at radius 2 is 1.85 bits per heavy atom. The number of anilines is 1. The molecule has 0 saturated carbocycles. The van der Waals surface area contributed by atoms with Crippen LogP contribution in [0.15, 0.2) is 42.5 Å². The third kappa shape index (κ3) is 3.67. The molecule has 1 unspecified atom stereocenters. The molecule has 106 valence electrons. The maximum Gasteiger partial charge on any atom is 0.141 e. The summed E-state index contributed by atoms with van der Waals surface area (Å²) in [6, 6.07) is 13.7. The van der Waals surface area contributed by atoms with Gasteiger partial charge in [-0.15, -0.1) is 0 Å². The smallest absolute Gasteiger partial charge is 0.141 e. The van der Waals surface area contributed by atoms with E-state index in [2.05, 4.69) is 25.2 Å². The number of benzene rings is 2. The molecule has 2 N–H and O–H groups in total. The number of phenols is 1. The van der Waals surface area contributed by atoms with Crippen molar-refractivity contribution in [2.75, 3.05) is 12.4 Å². The zero-order chi connectivity index (χ0) is 14.5. The molecule has 20 heavy (non-hydrogen) atoms. The van der Waals surface area contributed by atoms with Crippen molar-refractivity contribution in [1.82, 2.24) is 0 Å². The number of hydrogen-bond acceptors (Lipinski definition) is 3. The summed E-state index contributed by atoms with van der Waals surface area (Å²) < 4.78 is 5.37. The second-order valence-corrected chi connectivity index (χ2v) is 5.12. The summed E-state index contributed by atoms with van der Waals surface area (Å²) >= 11 is 0. The lowest BCUT2D eigenvalue weighted by Crippen LogP contribution is -2.18. The van der Waals surface area contributed by atoms with Gasteiger partial charge in [0, 0.05) is 6.04 Å². The lowest BCUT2D eigenvalue weighted by Gasteiger charge is -2.18. The number of phenolic OH excluding ortho intramolecular Hbond substituents is 1. The summed E-state index contributed by atoms with van der Waals surface area (Å²) in [4.78, 5) is 0. The number of ether oxygens (including phenoxy) is 1. The summed E-state index contributed by atoms with van der Waals surface area (Å²) in [5, 5.41) is 12.8. The van der Waals surface area contributed by atoms with Crippen molar-refractivity contribution < 1.29 is 9.84 Å². The molecule has 2 rings (SSSR count). The van der Waals surface area contributed by atoms with Crippen molar-refractivity contribution in [2.45, 2.75) is 26.3 Å². The van der Waals surface area contributed by atoms with Gasteiger partial charge in [-0.05, 0) is 55.7 Å². The molecule has 0 aliphatic heterocycles.